The van der Waals surface area contributed by atoms with Crippen molar-refractivity contribution in [2.45, 2.75) is 63.6 Å². The van der Waals surface area contributed by atoms with Gasteiger partial charge in [-0.2, -0.15) is 0 Å². The van der Waals surface area contributed by atoms with E-state index in [1.165, 1.54) is 38.6 Å². The highest BCUT2D eigenvalue weighted by Crippen LogP contribution is 2.29. The summed E-state index contributed by atoms with van der Waals surface area (Å²) >= 11 is 0. The molecule has 2 fully saturated rings. The SMILES string of the molecule is CCCC(N)CCN1CCOC2CCCC21. The highest BCUT2D eigenvalue weighted by molar-refractivity contribution is 4.89. The Kier molecular flexibility index (Phi) is 4.62. The van der Waals surface area contributed by atoms with E-state index in [2.05, 4.69) is 11.8 Å². The molecule has 3 heteroatoms. The molecule has 2 N–H and O–H groups in total. The Labute approximate surface area is 99.3 Å². The van der Waals surface area contributed by atoms with Gasteiger partial charge in [-0.3, -0.25) is 4.90 Å². The van der Waals surface area contributed by atoms with Crippen molar-refractivity contribution in [3.63, 3.8) is 0 Å². The molecule has 1 aliphatic heterocycles. The van der Waals surface area contributed by atoms with E-state index in [0.717, 1.165) is 19.6 Å². The Hall–Kier alpha value is -0.120. The summed E-state index contributed by atoms with van der Waals surface area (Å²) in [6.07, 6.45) is 7.98. The lowest BCUT2D eigenvalue weighted by molar-refractivity contribution is -0.0561. The minimum Gasteiger partial charge on any atom is -0.375 e. The smallest absolute Gasteiger partial charge is 0.0730 e. The van der Waals surface area contributed by atoms with Gasteiger partial charge in [0.05, 0.1) is 12.7 Å². The predicted octanol–water partition coefficient (Wildman–Crippen LogP) is 1.76. The fourth-order valence-electron chi connectivity index (χ4n) is 3.13. The van der Waals surface area contributed by atoms with Gasteiger partial charge in [0, 0.05) is 25.2 Å². The van der Waals surface area contributed by atoms with Crippen molar-refractivity contribution in [1.82, 2.24) is 4.90 Å². The van der Waals surface area contributed by atoms with E-state index in [9.17, 15) is 0 Å². The standard InChI is InChI=1S/C13H26N2O/c1-2-4-11(14)7-8-15-9-10-16-13-6-3-5-12(13)15/h11-13H,2-10,14H2,1H3. The maximum absolute atomic E-state index is 6.08. The second-order valence-corrected chi connectivity index (χ2v) is 5.28. The average Bonchev–Trinajstić information content (AvgIpc) is 2.75. The molecule has 0 amide bonds. The first-order valence-corrected chi connectivity index (χ1v) is 6.92. The molecule has 2 aliphatic rings. The Morgan fingerprint density at radius 3 is 3.06 bits per heavy atom. The zero-order valence-corrected chi connectivity index (χ0v) is 10.5. The predicted molar refractivity (Wildman–Crippen MR) is 66.5 cm³/mol. The third kappa shape index (κ3) is 2.96. The van der Waals surface area contributed by atoms with Crippen molar-refractivity contribution in [3.05, 3.63) is 0 Å². The summed E-state index contributed by atoms with van der Waals surface area (Å²) in [5, 5.41) is 0. The second kappa shape index (κ2) is 5.99. The number of nitrogens with two attached hydrogens (primary N) is 1. The van der Waals surface area contributed by atoms with E-state index >= 15 is 0 Å². The fourth-order valence-corrected chi connectivity index (χ4v) is 3.13. The molecule has 0 aromatic carbocycles. The summed E-state index contributed by atoms with van der Waals surface area (Å²) in [7, 11) is 0. The molecular weight excluding hydrogens is 200 g/mol. The maximum atomic E-state index is 6.08. The molecule has 1 saturated carbocycles. The van der Waals surface area contributed by atoms with E-state index < -0.39 is 0 Å². The van der Waals surface area contributed by atoms with E-state index in [1.54, 1.807) is 0 Å². The molecule has 0 aromatic heterocycles. The van der Waals surface area contributed by atoms with E-state index in [4.69, 9.17) is 10.5 Å². The van der Waals surface area contributed by atoms with Crippen LogP contribution in [0.3, 0.4) is 0 Å². The molecule has 3 nitrogen and oxygen atoms in total. The molecule has 0 aromatic rings. The van der Waals surface area contributed by atoms with Crippen molar-refractivity contribution in [2.75, 3.05) is 19.7 Å². The van der Waals surface area contributed by atoms with Gasteiger partial charge in [-0.25, -0.2) is 0 Å². The zero-order chi connectivity index (χ0) is 11.4. The number of hydrogen-bond donors (Lipinski definition) is 1. The first-order valence-electron chi connectivity index (χ1n) is 6.92. The van der Waals surface area contributed by atoms with Crippen molar-refractivity contribution in [3.8, 4) is 0 Å². The van der Waals surface area contributed by atoms with E-state index in [0.29, 0.717) is 18.2 Å². The monoisotopic (exact) mass is 226 g/mol. The van der Waals surface area contributed by atoms with Crippen LogP contribution >= 0.6 is 0 Å². The van der Waals surface area contributed by atoms with Gasteiger partial charge >= 0.3 is 0 Å². The number of fused-ring (bicyclic) bond motifs is 1. The first kappa shape index (κ1) is 12.3. The van der Waals surface area contributed by atoms with Gasteiger partial charge in [-0.15, -0.1) is 0 Å². The van der Waals surface area contributed by atoms with Crippen LogP contribution in [-0.2, 0) is 4.74 Å². The van der Waals surface area contributed by atoms with Crippen molar-refractivity contribution >= 4 is 0 Å². The lowest BCUT2D eigenvalue weighted by Crippen LogP contribution is -2.49. The molecule has 0 spiro atoms. The van der Waals surface area contributed by atoms with Crippen molar-refractivity contribution < 1.29 is 4.74 Å². The lowest BCUT2D eigenvalue weighted by atomic mass is 10.1. The molecule has 16 heavy (non-hydrogen) atoms. The summed E-state index contributed by atoms with van der Waals surface area (Å²) in [6, 6.07) is 1.09. The van der Waals surface area contributed by atoms with Crippen LogP contribution in [0, 0.1) is 0 Å². The number of nitrogens with zero attached hydrogens (tertiary/aromatic N) is 1. The minimum atomic E-state index is 0.396. The summed E-state index contributed by atoms with van der Waals surface area (Å²) in [6.45, 7) is 5.41. The summed E-state index contributed by atoms with van der Waals surface area (Å²) in [5.41, 5.74) is 6.08. The largest absolute Gasteiger partial charge is 0.375 e. The molecule has 2 rings (SSSR count). The third-order valence-electron chi connectivity index (χ3n) is 4.04. The van der Waals surface area contributed by atoms with Crippen molar-refractivity contribution in [2.24, 2.45) is 5.73 Å². The highest BCUT2D eigenvalue weighted by Gasteiger charge is 2.35. The van der Waals surface area contributed by atoms with Gasteiger partial charge in [-0.1, -0.05) is 13.3 Å². The van der Waals surface area contributed by atoms with Crippen molar-refractivity contribution in [1.29, 1.82) is 0 Å². The van der Waals surface area contributed by atoms with Crippen LogP contribution in [0.1, 0.15) is 45.4 Å². The van der Waals surface area contributed by atoms with Crippen LogP contribution in [-0.4, -0.2) is 42.8 Å². The van der Waals surface area contributed by atoms with Crippen LogP contribution in [0.4, 0.5) is 0 Å². The van der Waals surface area contributed by atoms with Gasteiger partial charge < -0.3 is 10.5 Å². The number of morpholine rings is 1. The van der Waals surface area contributed by atoms with Crippen LogP contribution in [0.2, 0.25) is 0 Å². The zero-order valence-electron chi connectivity index (χ0n) is 10.5. The summed E-state index contributed by atoms with van der Waals surface area (Å²) < 4.78 is 5.81. The Morgan fingerprint density at radius 1 is 1.38 bits per heavy atom. The van der Waals surface area contributed by atoms with Crippen LogP contribution < -0.4 is 5.73 Å². The molecule has 3 atom stereocenters. The van der Waals surface area contributed by atoms with Crippen LogP contribution in [0.25, 0.3) is 0 Å². The van der Waals surface area contributed by atoms with Gasteiger partial charge in [-0.05, 0) is 32.1 Å². The van der Waals surface area contributed by atoms with Gasteiger partial charge in [0.25, 0.3) is 0 Å². The molecule has 94 valence electrons. The average molecular weight is 226 g/mol. The van der Waals surface area contributed by atoms with E-state index in [1.807, 2.05) is 0 Å². The molecule has 0 radical (unpaired) electrons. The summed E-state index contributed by atoms with van der Waals surface area (Å²) in [5.74, 6) is 0. The first-order chi connectivity index (χ1) is 7.81. The Bertz CT molecular complexity index is 210. The molecular formula is C13H26N2O. The maximum Gasteiger partial charge on any atom is 0.0730 e. The quantitative estimate of drug-likeness (QED) is 0.776. The van der Waals surface area contributed by atoms with E-state index in [-0.39, 0.29) is 0 Å². The Balaban J connectivity index is 1.75. The third-order valence-corrected chi connectivity index (χ3v) is 4.04. The fraction of sp³-hybridized carbons (Fsp3) is 1.00. The number of ether oxygens (including phenoxy) is 1. The molecule has 1 aliphatic carbocycles. The number of hydrogen-bond acceptors (Lipinski definition) is 3. The molecule has 3 unspecified atom stereocenters. The van der Waals surface area contributed by atoms with Gasteiger partial charge in [0.1, 0.15) is 0 Å². The second-order valence-electron chi connectivity index (χ2n) is 5.28. The Morgan fingerprint density at radius 2 is 2.25 bits per heavy atom. The normalized spacial score (nSPS) is 32.6. The molecule has 1 heterocycles. The van der Waals surface area contributed by atoms with Gasteiger partial charge in [0.2, 0.25) is 0 Å². The highest BCUT2D eigenvalue weighted by atomic mass is 16.5. The minimum absolute atomic E-state index is 0.396. The van der Waals surface area contributed by atoms with Gasteiger partial charge in [0.15, 0.2) is 0 Å². The van der Waals surface area contributed by atoms with Crippen LogP contribution in [0.15, 0.2) is 0 Å². The topological polar surface area (TPSA) is 38.5 Å². The number of rotatable bonds is 5. The molecule has 1 saturated heterocycles. The lowest BCUT2D eigenvalue weighted by Gasteiger charge is -2.38. The molecule has 0 bridgehead atoms. The summed E-state index contributed by atoms with van der Waals surface area (Å²) in [4.78, 5) is 2.62. The van der Waals surface area contributed by atoms with Crippen LogP contribution in [0.5, 0.6) is 0 Å².